The van der Waals surface area contributed by atoms with Gasteiger partial charge in [0, 0.05) is 11.6 Å². The molecule has 8 heteroatoms. The van der Waals surface area contributed by atoms with Gasteiger partial charge >= 0.3 is 12.1 Å². The van der Waals surface area contributed by atoms with Crippen LogP contribution in [-0.2, 0) is 28.9 Å². The van der Waals surface area contributed by atoms with Crippen molar-refractivity contribution < 1.29 is 32.5 Å². The first-order valence-electron chi connectivity index (χ1n) is 11.2. The van der Waals surface area contributed by atoms with Crippen LogP contribution >= 0.6 is 0 Å². The van der Waals surface area contributed by atoms with Gasteiger partial charge in [-0.25, -0.2) is 4.79 Å². The average Bonchev–Trinajstić information content (AvgIpc) is 2.85. The molecule has 186 valence electrons. The second-order valence-corrected chi connectivity index (χ2v) is 8.44. The van der Waals surface area contributed by atoms with Crippen molar-refractivity contribution in [3.8, 4) is 16.9 Å². The van der Waals surface area contributed by atoms with Crippen LogP contribution < -0.4 is 4.74 Å². The molecule has 1 aromatic heterocycles. The molecule has 4 rings (SSSR count). The number of para-hydroxylation sites is 1. The van der Waals surface area contributed by atoms with E-state index >= 15 is 0 Å². The zero-order valence-electron chi connectivity index (χ0n) is 19.7. The van der Waals surface area contributed by atoms with Crippen molar-refractivity contribution in [3.05, 3.63) is 95.2 Å². The number of ether oxygens (including phenoxy) is 2. The van der Waals surface area contributed by atoms with Crippen LogP contribution in [0.5, 0.6) is 5.75 Å². The smallest absolute Gasteiger partial charge is 0.418 e. The number of fused-ring (bicyclic) bond motifs is 1. The molecule has 36 heavy (non-hydrogen) atoms. The molecule has 0 spiro atoms. The zero-order valence-corrected chi connectivity index (χ0v) is 19.7. The maximum atomic E-state index is 13.5. The van der Waals surface area contributed by atoms with Crippen molar-refractivity contribution in [1.29, 1.82) is 0 Å². The summed E-state index contributed by atoms with van der Waals surface area (Å²) in [5.74, 6) is -0.466. The molecule has 0 aliphatic rings. The fraction of sp³-hybridized carbons (Fsp3) is 0.214. The molecule has 0 radical (unpaired) electrons. The third kappa shape index (κ3) is 5.66. The van der Waals surface area contributed by atoms with Gasteiger partial charge < -0.3 is 14.6 Å². The summed E-state index contributed by atoms with van der Waals surface area (Å²) in [6, 6.07) is 18.7. The van der Waals surface area contributed by atoms with Crippen LogP contribution in [0.1, 0.15) is 29.2 Å². The van der Waals surface area contributed by atoms with E-state index in [0.29, 0.717) is 16.7 Å². The van der Waals surface area contributed by atoms with E-state index in [9.17, 15) is 18.0 Å². The molecule has 1 unspecified atom stereocenters. The molecule has 1 N–H and O–H groups in total. The quantitative estimate of drug-likeness (QED) is 0.291. The van der Waals surface area contributed by atoms with Gasteiger partial charge in [-0.3, -0.25) is 4.98 Å². The van der Waals surface area contributed by atoms with Crippen LogP contribution in [0, 0.1) is 6.92 Å². The number of carbonyl (C=O) groups is 1. The molecular formula is C28H24F3NO4. The molecule has 0 aliphatic carbocycles. The Balaban J connectivity index is 1.57. The summed E-state index contributed by atoms with van der Waals surface area (Å²) in [7, 11) is 0. The van der Waals surface area contributed by atoms with Crippen LogP contribution in [0.15, 0.2) is 72.9 Å². The number of rotatable bonds is 8. The van der Waals surface area contributed by atoms with Crippen molar-refractivity contribution >= 4 is 16.9 Å². The molecule has 0 bridgehead atoms. The molecule has 0 saturated carbocycles. The molecule has 0 amide bonds. The Morgan fingerprint density at radius 2 is 1.69 bits per heavy atom. The maximum Gasteiger partial charge on any atom is 0.418 e. The lowest BCUT2D eigenvalue weighted by molar-refractivity contribution is -0.149. The normalized spacial score (nSPS) is 12.5. The Labute approximate surface area is 206 Å². The van der Waals surface area contributed by atoms with Crippen molar-refractivity contribution in [1.82, 2.24) is 4.98 Å². The predicted molar refractivity (Wildman–Crippen MR) is 130 cm³/mol. The first-order valence-corrected chi connectivity index (χ1v) is 11.2. The molecular weight excluding hydrogens is 471 g/mol. The predicted octanol–water partition coefficient (Wildman–Crippen LogP) is 6.80. The summed E-state index contributed by atoms with van der Waals surface area (Å²) in [6.07, 6.45) is -3.96. The zero-order chi connectivity index (χ0) is 25.9. The molecule has 3 aromatic carbocycles. The second kappa shape index (κ2) is 10.4. The van der Waals surface area contributed by atoms with E-state index in [1.807, 2.05) is 37.3 Å². The third-order valence-corrected chi connectivity index (χ3v) is 5.76. The number of aliphatic carboxylic acids is 1. The Bertz CT molecular complexity index is 1400. The molecule has 1 heterocycles. The van der Waals surface area contributed by atoms with E-state index < -0.39 is 23.8 Å². The van der Waals surface area contributed by atoms with E-state index in [1.165, 1.54) is 19.2 Å². The van der Waals surface area contributed by atoms with Crippen molar-refractivity contribution in [3.63, 3.8) is 0 Å². The van der Waals surface area contributed by atoms with E-state index in [-0.39, 0.29) is 18.7 Å². The molecule has 0 fully saturated rings. The molecule has 1 atom stereocenters. The van der Waals surface area contributed by atoms with Crippen molar-refractivity contribution in [2.45, 2.75) is 39.3 Å². The van der Waals surface area contributed by atoms with E-state index in [0.717, 1.165) is 28.3 Å². The van der Waals surface area contributed by atoms with Gasteiger partial charge in [0.05, 0.1) is 17.7 Å². The van der Waals surface area contributed by atoms with E-state index in [1.54, 1.807) is 24.3 Å². The lowest BCUT2D eigenvalue weighted by Crippen LogP contribution is -2.19. The van der Waals surface area contributed by atoms with Crippen LogP contribution in [-0.4, -0.2) is 22.2 Å². The van der Waals surface area contributed by atoms with Gasteiger partial charge in [0.2, 0.25) is 0 Å². The lowest BCUT2D eigenvalue weighted by atomic mass is 9.95. The Hall–Kier alpha value is -3.91. The Kier molecular flexibility index (Phi) is 7.26. The summed E-state index contributed by atoms with van der Waals surface area (Å²) in [4.78, 5) is 15.0. The number of alkyl halides is 3. The first kappa shape index (κ1) is 25.2. The molecule has 0 saturated heterocycles. The summed E-state index contributed by atoms with van der Waals surface area (Å²) in [6.45, 7) is 3.69. The molecule has 0 aliphatic heterocycles. The number of nitrogens with zero attached hydrogens (tertiary/aromatic N) is 1. The minimum Gasteiger partial charge on any atom is -0.489 e. The lowest BCUT2D eigenvalue weighted by Gasteiger charge is -2.15. The minimum atomic E-state index is -4.50. The van der Waals surface area contributed by atoms with Crippen LogP contribution in [0.2, 0.25) is 0 Å². The standard InChI is InChI=1S/C28H24F3NO4/c1-17-14-32-26-23(10-5-11-24(26)28(29,30)31)25(17)21-8-4-9-22(13-21)36-16-20-7-3-6-19(12-20)15-35-18(2)27(33)34/h3-14,18H,15-16H2,1-2H3,(H,33,34). The Morgan fingerprint density at radius 1 is 1.00 bits per heavy atom. The number of aryl methyl sites for hydroxylation is 1. The van der Waals surface area contributed by atoms with Crippen LogP contribution in [0.25, 0.3) is 22.0 Å². The van der Waals surface area contributed by atoms with Gasteiger partial charge in [-0.05, 0) is 59.9 Å². The number of pyridine rings is 1. The fourth-order valence-electron chi connectivity index (χ4n) is 3.94. The van der Waals surface area contributed by atoms with E-state index in [4.69, 9.17) is 14.6 Å². The van der Waals surface area contributed by atoms with Gasteiger partial charge in [-0.15, -0.1) is 0 Å². The fourth-order valence-corrected chi connectivity index (χ4v) is 3.94. The van der Waals surface area contributed by atoms with Gasteiger partial charge in [-0.1, -0.05) is 48.5 Å². The maximum absolute atomic E-state index is 13.5. The number of carboxylic acids is 1. The SMILES string of the molecule is Cc1cnc2c(C(F)(F)F)cccc2c1-c1cccc(OCc2cccc(COC(C)C(=O)O)c2)c1. The number of hydrogen-bond donors (Lipinski definition) is 1. The number of hydrogen-bond acceptors (Lipinski definition) is 4. The molecule has 5 nitrogen and oxygen atoms in total. The van der Waals surface area contributed by atoms with E-state index in [2.05, 4.69) is 4.98 Å². The minimum absolute atomic E-state index is 0.0897. The van der Waals surface area contributed by atoms with Crippen molar-refractivity contribution in [2.24, 2.45) is 0 Å². The largest absolute Gasteiger partial charge is 0.489 e. The number of benzene rings is 3. The highest BCUT2D eigenvalue weighted by Crippen LogP contribution is 2.38. The molecule has 4 aromatic rings. The van der Waals surface area contributed by atoms with Crippen LogP contribution in [0.4, 0.5) is 13.2 Å². The topological polar surface area (TPSA) is 68.7 Å². The first-order chi connectivity index (χ1) is 17.1. The third-order valence-electron chi connectivity index (χ3n) is 5.76. The average molecular weight is 495 g/mol. The summed E-state index contributed by atoms with van der Waals surface area (Å²) in [5, 5.41) is 9.38. The summed E-state index contributed by atoms with van der Waals surface area (Å²) >= 11 is 0. The highest BCUT2D eigenvalue weighted by molar-refractivity contribution is 5.97. The second-order valence-electron chi connectivity index (χ2n) is 8.44. The van der Waals surface area contributed by atoms with Gasteiger partial charge in [0.15, 0.2) is 6.10 Å². The van der Waals surface area contributed by atoms with Gasteiger partial charge in [-0.2, -0.15) is 13.2 Å². The Morgan fingerprint density at radius 3 is 2.42 bits per heavy atom. The number of halogens is 3. The summed E-state index contributed by atoms with van der Waals surface area (Å²) in [5.41, 5.74) is 2.97. The highest BCUT2D eigenvalue weighted by atomic mass is 19.4. The monoisotopic (exact) mass is 495 g/mol. The highest BCUT2D eigenvalue weighted by Gasteiger charge is 2.33. The van der Waals surface area contributed by atoms with Gasteiger partial charge in [0.25, 0.3) is 0 Å². The van der Waals surface area contributed by atoms with Crippen molar-refractivity contribution in [2.75, 3.05) is 0 Å². The van der Waals surface area contributed by atoms with Gasteiger partial charge in [0.1, 0.15) is 12.4 Å². The number of carboxylic acid groups (broad SMARTS) is 1. The number of aromatic nitrogens is 1. The summed E-state index contributed by atoms with van der Waals surface area (Å²) < 4.78 is 51.9. The van der Waals surface area contributed by atoms with Crippen LogP contribution in [0.3, 0.4) is 0 Å².